The molecular weight excluding hydrogens is 1150 g/mol. The Hall–Kier alpha value is -3.36. The van der Waals surface area contributed by atoms with E-state index < -0.39 is 20.0 Å². The molecule has 0 radical (unpaired) electrons. The molecular formula is C83H147N2O6P. The van der Waals surface area contributed by atoms with Crippen LogP contribution in [0.25, 0.3) is 0 Å². The van der Waals surface area contributed by atoms with Gasteiger partial charge in [0.05, 0.1) is 39.9 Å². The fourth-order valence-electron chi connectivity index (χ4n) is 11.0. The number of aliphatic hydroxyl groups excluding tert-OH is 1. The molecule has 0 spiro atoms. The van der Waals surface area contributed by atoms with Gasteiger partial charge < -0.3 is 28.8 Å². The van der Waals surface area contributed by atoms with Crippen molar-refractivity contribution in [1.82, 2.24) is 5.32 Å². The molecule has 2 N–H and O–H groups in total. The Kier molecular flexibility index (Phi) is 69.3. The fourth-order valence-corrected chi connectivity index (χ4v) is 11.7. The van der Waals surface area contributed by atoms with E-state index in [0.717, 1.165) is 122 Å². The molecule has 1 amide bonds. The predicted octanol–water partition coefficient (Wildman–Crippen LogP) is 24.7. The third-order valence-corrected chi connectivity index (χ3v) is 17.9. The molecule has 0 bridgehead atoms. The fraction of sp³-hybridized carbons (Fsp3) is 0.723. The molecule has 8 nitrogen and oxygen atoms in total. The molecule has 0 aromatic carbocycles. The maximum atomic E-state index is 13.1. The number of hydrogen-bond acceptors (Lipinski definition) is 6. The summed E-state index contributed by atoms with van der Waals surface area (Å²) in [6.45, 7) is 4.63. The Bertz CT molecular complexity index is 1970. The van der Waals surface area contributed by atoms with Crippen molar-refractivity contribution in [2.45, 2.75) is 347 Å². The molecule has 3 unspecified atom stereocenters. The number of likely N-dealkylation sites (N-methyl/N-ethyl adjacent to an activating group) is 1. The van der Waals surface area contributed by atoms with Gasteiger partial charge in [-0.15, -0.1) is 0 Å². The molecule has 0 aromatic rings. The van der Waals surface area contributed by atoms with Gasteiger partial charge in [0.25, 0.3) is 7.82 Å². The molecule has 0 fully saturated rings. The van der Waals surface area contributed by atoms with E-state index in [1.807, 2.05) is 21.1 Å². The van der Waals surface area contributed by atoms with Gasteiger partial charge in [-0.3, -0.25) is 9.36 Å². The van der Waals surface area contributed by atoms with Crippen molar-refractivity contribution in [1.29, 1.82) is 0 Å². The summed E-state index contributed by atoms with van der Waals surface area (Å²) in [6, 6.07) is -0.818. The van der Waals surface area contributed by atoms with E-state index in [4.69, 9.17) is 9.05 Å². The van der Waals surface area contributed by atoms with Crippen LogP contribution in [0.1, 0.15) is 335 Å². The zero-order valence-electron chi connectivity index (χ0n) is 60.7. The Balaban J connectivity index is 4.08. The second-order valence-electron chi connectivity index (χ2n) is 27.0. The highest BCUT2D eigenvalue weighted by Gasteiger charge is 2.24. The number of nitrogens with zero attached hydrogens (tertiary/aromatic N) is 1. The van der Waals surface area contributed by atoms with Crippen molar-refractivity contribution >= 4 is 13.7 Å². The van der Waals surface area contributed by atoms with Crippen molar-refractivity contribution in [2.75, 3.05) is 40.9 Å². The van der Waals surface area contributed by atoms with Crippen LogP contribution in [0.15, 0.2) is 134 Å². The minimum Gasteiger partial charge on any atom is -0.756 e. The summed E-state index contributed by atoms with van der Waals surface area (Å²) in [7, 11) is 1.29. The smallest absolute Gasteiger partial charge is 0.268 e. The molecule has 0 rings (SSSR count). The van der Waals surface area contributed by atoms with Crippen LogP contribution in [0, 0.1) is 0 Å². The molecule has 530 valence electrons. The lowest BCUT2D eigenvalue weighted by Gasteiger charge is -2.30. The van der Waals surface area contributed by atoms with E-state index in [1.165, 1.54) is 186 Å². The van der Waals surface area contributed by atoms with E-state index >= 15 is 0 Å². The second-order valence-corrected chi connectivity index (χ2v) is 28.4. The van der Waals surface area contributed by atoms with Crippen LogP contribution in [0.5, 0.6) is 0 Å². The van der Waals surface area contributed by atoms with Crippen molar-refractivity contribution in [2.24, 2.45) is 0 Å². The largest absolute Gasteiger partial charge is 0.756 e. The number of unbranched alkanes of at least 4 members (excludes halogenated alkanes) is 35. The normalized spacial score (nSPS) is 14.3. The van der Waals surface area contributed by atoms with Gasteiger partial charge in [-0.2, -0.15) is 0 Å². The Labute approximate surface area is 570 Å². The molecule has 92 heavy (non-hydrogen) atoms. The minimum atomic E-state index is -4.60. The van der Waals surface area contributed by atoms with Crippen LogP contribution in [-0.4, -0.2) is 68.5 Å². The first-order chi connectivity index (χ1) is 45.0. The number of phosphoric ester groups is 1. The number of quaternary nitrogens is 1. The van der Waals surface area contributed by atoms with Crippen molar-refractivity contribution in [3.63, 3.8) is 0 Å². The van der Waals surface area contributed by atoms with Crippen LogP contribution in [0.4, 0.5) is 0 Å². The average Bonchev–Trinajstić information content (AvgIpc) is 2.63. The number of carbonyl (C=O) groups excluding carboxylic acids is 1. The molecule has 0 heterocycles. The molecule has 0 saturated heterocycles. The van der Waals surface area contributed by atoms with E-state index in [2.05, 4.69) is 153 Å². The number of allylic oxidation sites excluding steroid dienone is 22. The molecule has 3 atom stereocenters. The van der Waals surface area contributed by atoms with Crippen LogP contribution >= 0.6 is 7.82 Å². The van der Waals surface area contributed by atoms with Gasteiger partial charge in [-0.05, 0) is 96.3 Å². The van der Waals surface area contributed by atoms with Gasteiger partial charge in [-0.1, -0.05) is 366 Å². The summed E-state index contributed by atoms with van der Waals surface area (Å²) in [5.74, 6) is -0.177. The topological polar surface area (TPSA) is 108 Å². The number of nitrogens with one attached hydrogen (secondary N) is 1. The lowest BCUT2D eigenvalue weighted by molar-refractivity contribution is -0.870. The maximum Gasteiger partial charge on any atom is 0.268 e. The van der Waals surface area contributed by atoms with E-state index in [1.54, 1.807) is 0 Å². The standard InChI is InChI=1S/C83H147N2O6P/c1-6-8-10-12-14-16-18-20-22-24-26-28-30-32-34-36-37-38-39-40-41-42-43-44-45-46-47-49-51-53-55-57-59-61-63-65-67-69-71-73-75-77-83(87)84-81(80-91-92(88,89)90-79-78-85(3,4)5)82(86)76-74-72-70-68-66-64-62-60-58-56-54-52-50-48-35-33-31-29-27-25-23-21-19-17-15-13-11-9-7-2/h8,10,14,16,20,22,26,28,32,34,37-38,40-41,43-44,46-47,51,53,57,59,81-82,86H,6-7,9,11-13,15,17-19,21,23-25,27,29-31,33,35-36,39,42,45,48-50,52,54-56,58,60-80H2,1-5H3,(H-,84,87,88,89)/b10-8-,16-14-,22-20-,28-26-,34-32-,38-37-,41-40-,44-43-,47-46-,53-51-,59-57-. The highest BCUT2D eigenvalue weighted by atomic mass is 31.2. The zero-order valence-corrected chi connectivity index (χ0v) is 61.6. The van der Waals surface area contributed by atoms with Crippen LogP contribution in [0.3, 0.4) is 0 Å². The summed E-state index contributed by atoms with van der Waals surface area (Å²) in [6.07, 6.45) is 108. The summed E-state index contributed by atoms with van der Waals surface area (Å²) in [5, 5.41) is 14.1. The molecule has 0 saturated carbocycles. The Morgan fingerprint density at radius 3 is 0.967 bits per heavy atom. The molecule has 0 aliphatic rings. The SMILES string of the molecule is CC/C=C\C/C=C\C/C=C\C/C=C\C/C=C\C/C=C\C/C=C\C/C=C\C/C=C\C/C=C\C/C=C\CCCCCCCCCC(=O)NC(COP(=O)([O-])OCC[N+](C)(C)C)C(O)CCCCCCCCCCCCCCCCCCCCCCCCCCCCCCC. The summed E-state index contributed by atoms with van der Waals surface area (Å²) >= 11 is 0. The zero-order chi connectivity index (χ0) is 66.9. The third-order valence-electron chi connectivity index (χ3n) is 16.9. The van der Waals surface area contributed by atoms with Gasteiger partial charge in [-0.25, -0.2) is 0 Å². The molecule has 0 aromatic heterocycles. The van der Waals surface area contributed by atoms with Crippen LogP contribution in [-0.2, 0) is 18.4 Å². The van der Waals surface area contributed by atoms with Crippen molar-refractivity contribution < 1.29 is 32.9 Å². The summed E-state index contributed by atoms with van der Waals surface area (Å²) in [5.41, 5.74) is 0. The quantitative estimate of drug-likeness (QED) is 0.0272. The highest BCUT2D eigenvalue weighted by molar-refractivity contribution is 7.45. The lowest BCUT2D eigenvalue weighted by atomic mass is 10.0. The molecule has 0 aliphatic carbocycles. The highest BCUT2D eigenvalue weighted by Crippen LogP contribution is 2.38. The van der Waals surface area contributed by atoms with Gasteiger partial charge >= 0.3 is 0 Å². The van der Waals surface area contributed by atoms with Gasteiger partial charge in [0, 0.05) is 6.42 Å². The molecule has 9 heteroatoms. The minimum absolute atomic E-state index is 0.00427. The number of amides is 1. The van der Waals surface area contributed by atoms with Crippen molar-refractivity contribution in [3.05, 3.63) is 134 Å². The number of hydrogen-bond donors (Lipinski definition) is 2. The lowest BCUT2D eigenvalue weighted by Crippen LogP contribution is -2.46. The van der Waals surface area contributed by atoms with Gasteiger partial charge in [0.2, 0.25) is 5.91 Å². The number of carbonyl (C=O) groups is 1. The predicted molar refractivity (Wildman–Crippen MR) is 403 cm³/mol. The van der Waals surface area contributed by atoms with Gasteiger partial charge in [0.15, 0.2) is 0 Å². The Morgan fingerprint density at radius 2 is 0.663 bits per heavy atom. The first-order valence-corrected chi connectivity index (χ1v) is 40.0. The Morgan fingerprint density at radius 1 is 0.391 bits per heavy atom. The number of aliphatic hydroxyl groups is 1. The third kappa shape index (κ3) is 74.0. The van der Waals surface area contributed by atoms with Crippen LogP contribution in [0.2, 0.25) is 0 Å². The number of rotatable bonds is 70. The maximum absolute atomic E-state index is 13.1. The van der Waals surface area contributed by atoms with E-state index in [0.29, 0.717) is 23.9 Å². The van der Waals surface area contributed by atoms with E-state index in [-0.39, 0.29) is 19.1 Å². The van der Waals surface area contributed by atoms with E-state index in [9.17, 15) is 19.4 Å². The molecule has 0 aliphatic heterocycles. The van der Waals surface area contributed by atoms with Crippen molar-refractivity contribution in [3.8, 4) is 0 Å². The summed E-state index contributed by atoms with van der Waals surface area (Å²) in [4.78, 5) is 25.7. The average molecular weight is 1300 g/mol. The monoisotopic (exact) mass is 1300 g/mol. The number of phosphoric acid groups is 1. The van der Waals surface area contributed by atoms with Crippen LogP contribution < -0.4 is 10.2 Å². The first kappa shape index (κ1) is 88.6. The van der Waals surface area contributed by atoms with Gasteiger partial charge in [0.1, 0.15) is 13.2 Å². The first-order valence-electron chi connectivity index (χ1n) is 38.5. The second kappa shape index (κ2) is 71.9. The summed E-state index contributed by atoms with van der Waals surface area (Å²) < 4.78 is 23.6.